The van der Waals surface area contributed by atoms with Gasteiger partial charge in [0, 0.05) is 12.7 Å². The highest BCUT2D eigenvalue weighted by atomic mass is 16.6. The van der Waals surface area contributed by atoms with Crippen LogP contribution < -0.4 is 4.74 Å². The van der Waals surface area contributed by atoms with Crippen LogP contribution in [0.4, 0.5) is 0 Å². The minimum Gasteiger partial charge on any atom is -0.468 e. The summed E-state index contributed by atoms with van der Waals surface area (Å²) in [6, 6.07) is 18.9. The van der Waals surface area contributed by atoms with E-state index in [2.05, 4.69) is 6.92 Å². The van der Waals surface area contributed by atoms with E-state index < -0.39 is 17.7 Å². The summed E-state index contributed by atoms with van der Waals surface area (Å²) in [4.78, 5) is 13.3. The fraction of sp³-hybridized carbons (Fsp3) is 0.435. The van der Waals surface area contributed by atoms with Gasteiger partial charge in [0.15, 0.2) is 0 Å². The van der Waals surface area contributed by atoms with Gasteiger partial charge in [-0.25, -0.2) is 4.79 Å². The molecule has 0 aliphatic carbocycles. The Bertz CT molecular complexity index is 671. The summed E-state index contributed by atoms with van der Waals surface area (Å²) < 4.78 is 17.7. The number of benzene rings is 2. The van der Waals surface area contributed by atoms with Crippen LogP contribution in [0.15, 0.2) is 60.7 Å². The van der Waals surface area contributed by atoms with E-state index >= 15 is 0 Å². The lowest BCUT2D eigenvalue weighted by Gasteiger charge is -2.38. The average Bonchev–Trinajstić information content (AvgIpc) is 2.71. The van der Waals surface area contributed by atoms with Crippen molar-refractivity contribution in [3.63, 3.8) is 0 Å². The molecule has 0 saturated heterocycles. The van der Waals surface area contributed by atoms with Gasteiger partial charge in [0.1, 0.15) is 11.9 Å². The highest BCUT2D eigenvalue weighted by Gasteiger charge is 2.51. The van der Waals surface area contributed by atoms with Crippen LogP contribution in [0, 0.1) is 0 Å². The van der Waals surface area contributed by atoms with Gasteiger partial charge in [-0.15, -0.1) is 0 Å². The molecule has 2 unspecified atom stereocenters. The van der Waals surface area contributed by atoms with Gasteiger partial charge in [0.2, 0.25) is 0 Å². The predicted molar refractivity (Wildman–Crippen MR) is 107 cm³/mol. The van der Waals surface area contributed by atoms with E-state index in [-0.39, 0.29) is 6.61 Å². The van der Waals surface area contributed by atoms with Gasteiger partial charge in [-0.2, -0.15) is 0 Å². The number of hydrogen-bond donors (Lipinski definition) is 0. The molecule has 4 nitrogen and oxygen atoms in total. The number of carbonyl (C=O) groups excluding carboxylic acids is 1. The van der Waals surface area contributed by atoms with Gasteiger partial charge < -0.3 is 14.2 Å². The number of carbonyl (C=O) groups is 1. The van der Waals surface area contributed by atoms with Crippen molar-refractivity contribution in [3.8, 4) is 5.75 Å². The number of rotatable bonds is 11. The minimum atomic E-state index is -1.36. The third kappa shape index (κ3) is 5.10. The Balaban J connectivity index is 2.55. The molecular weight excluding hydrogens is 340 g/mol. The number of esters is 1. The molecule has 0 aromatic heterocycles. The second-order valence-corrected chi connectivity index (χ2v) is 6.46. The largest absolute Gasteiger partial charge is 0.468 e. The van der Waals surface area contributed by atoms with E-state index in [0.717, 1.165) is 24.8 Å². The fourth-order valence-corrected chi connectivity index (χ4v) is 3.27. The zero-order valence-electron chi connectivity index (χ0n) is 16.5. The molecule has 4 heteroatoms. The summed E-state index contributed by atoms with van der Waals surface area (Å²) >= 11 is 0. The molecule has 0 aliphatic heterocycles. The monoisotopic (exact) mass is 370 g/mol. The Morgan fingerprint density at radius 3 is 2.15 bits per heavy atom. The van der Waals surface area contributed by atoms with Gasteiger partial charge in [0.25, 0.3) is 5.60 Å². The maximum Gasteiger partial charge on any atom is 0.358 e. The van der Waals surface area contributed by atoms with Crippen LogP contribution in [0.2, 0.25) is 0 Å². The molecule has 0 bridgehead atoms. The summed E-state index contributed by atoms with van der Waals surface area (Å²) in [6.07, 6.45) is 3.34. The topological polar surface area (TPSA) is 44.8 Å². The van der Waals surface area contributed by atoms with E-state index in [1.807, 2.05) is 60.7 Å². The number of para-hydroxylation sites is 1. The molecule has 0 heterocycles. The van der Waals surface area contributed by atoms with E-state index in [1.54, 1.807) is 14.0 Å². The van der Waals surface area contributed by atoms with Crippen LogP contribution in [0.3, 0.4) is 0 Å². The molecule has 0 fully saturated rings. The Hall–Kier alpha value is -2.33. The van der Waals surface area contributed by atoms with Gasteiger partial charge in [-0.3, -0.25) is 0 Å². The first-order valence-electron chi connectivity index (χ1n) is 9.68. The van der Waals surface area contributed by atoms with E-state index in [4.69, 9.17) is 14.2 Å². The smallest absolute Gasteiger partial charge is 0.358 e. The number of hydrogen-bond acceptors (Lipinski definition) is 4. The van der Waals surface area contributed by atoms with Crippen LogP contribution in [-0.4, -0.2) is 25.8 Å². The van der Waals surface area contributed by atoms with E-state index in [0.29, 0.717) is 12.2 Å². The fourth-order valence-electron chi connectivity index (χ4n) is 3.27. The van der Waals surface area contributed by atoms with E-state index in [1.165, 1.54) is 0 Å². The molecule has 0 saturated carbocycles. The molecule has 2 atom stereocenters. The quantitative estimate of drug-likeness (QED) is 0.407. The minimum absolute atomic E-state index is 0.275. The maximum absolute atomic E-state index is 13.3. The lowest BCUT2D eigenvalue weighted by molar-refractivity contribution is -0.178. The Labute approximate surface area is 162 Å². The number of methoxy groups -OCH3 is 1. The first-order valence-corrected chi connectivity index (χ1v) is 9.68. The summed E-state index contributed by atoms with van der Waals surface area (Å²) in [5.74, 6) is 0.176. The van der Waals surface area contributed by atoms with Crippen molar-refractivity contribution >= 4 is 5.97 Å². The molecular formula is C23H30O4. The van der Waals surface area contributed by atoms with Gasteiger partial charge in [-0.1, -0.05) is 74.7 Å². The Morgan fingerprint density at radius 1 is 0.963 bits per heavy atom. The molecule has 2 aromatic rings. The predicted octanol–water partition coefficient (Wildman–Crippen LogP) is 5.12. The van der Waals surface area contributed by atoms with Gasteiger partial charge >= 0.3 is 5.97 Å². The first-order chi connectivity index (χ1) is 13.2. The van der Waals surface area contributed by atoms with Crippen molar-refractivity contribution in [2.24, 2.45) is 0 Å². The second kappa shape index (κ2) is 10.7. The number of unbranched alkanes of at least 4 members (excludes halogenated alkanes) is 2. The highest BCUT2D eigenvalue weighted by molar-refractivity contribution is 5.83. The third-order valence-electron chi connectivity index (χ3n) is 4.61. The van der Waals surface area contributed by atoms with Crippen LogP contribution >= 0.6 is 0 Å². The maximum atomic E-state index is 13.3. The lowest BCUT2D eigenvalue weighted by atomic mass is 9.84. The van der Waals surface area contributed by atoms with E-state index in [9.17, 15) is 4.79 Å². The molecule has 0 spiro atoms. The number of ether oxygens (including phenoxy) is 3. The van der Waals surface area contributed by atoms with Crippen LogP contribution in [0.5, 0.6) is 5.75 Å². The second-order valence-electron chi connectivity index (χ2n) is 6.46. The summed E-state index contributed by atoms with van der Waals surface area (Å²) in [5.41, 5.74) is -0.628. The summed E-state index contributed by atoms with van der Waals surface area (Å²) in [7, 11) is 1.63. The van der Waals surface area contributed by atoms with Crippen LogP contribution in [-0.2, 0) is 19.9 Å². The molecule has 2 aromatic carbocycles. The van der Waals surface area contributed by atoms with Crippen molar-refractivity contribution in [1.82, 2.24) is 0 Å². The van der Waals surface area contributed by atoms with Gasteiger partial charge in [0.05, 0.1) is 6.61 Å². The van der Waals surface area contributed by atoms with Crippen molar-refractivity contribution in [2.45, 2.75) is 51.2 Å². The zero-order valence-corrected chi connectivity index (χ0v) is 16.5. The summed E-state index contributed by atoms with van der Waals surface area (Å²) in [5, 5.41) is 0. The molecule has 27 heavy (non-hydrogen) atoms. The normalized spacial score (nSPS) is 14.2. The zero-order chi connectivity index (χ0) is 19.5. The molecule has 0 radical (unpaired) electrons. The van der Waals surface area contributed by atoms with Gasteiger partial charge in [-0.05, 0) is 25.5 Å². The van der Waals surface area contributed by atoms with Crippen LogP contribution in [0.1, 0.15) is 45.1 Å². The summed E-state index contributed by atoms with van der Waals surface area (Å²) in [6.45, 7) is 4.23. The van der Waals surface area contributed by atoms with Crippen molar-refractivity contribution in [2.75, 3.05) is 13.7 Å². The van der Waals surface area contributed by atoms with Crippen molar-refractivity contribution < 1.29 is 19.0 Å². The molecule has 0 aliphatic rings. The highest BCUT2D eigenvalue weighted by Crippen LogP contribution is 2.37. The molecule has 0 N–H and O–H groups in total. The molecule has 146 valence electrons. The SMILES string of the molecule is CCCCCC(OC)C(Oc1ccccc1)(C(=O)OCC)c1ccccc1. The Kier molecular flexibility index (Phi) is 8.34. The lowest BCUT2D eigenvalue weighted by Crippen LogP contribution is -2.53. The van der Waals surface area contributed by atoms with Crippen LogP contribution in [0.25, 0.3) is 0 Å². The van der Waals surface area contributed by atoms with Crippen molar-refractivity contribution in [1.29, 1.82) is 0 Å². The third-order valence-corrected chi connectivity index (χ3v) is 4.61. The molecule has 0 amide bonds. The molecule has 2 rings (SSSR count). The Morgan fingerprint density at radius 2 is 1.59 bits per heavy atom. The van der Waals surface area contributed by atoms with Crippen molar-refractivity contribution in [3.05, 3.63) is 66.2 Å². The standard InChI is InChI=1S/C23H30O4/c1-4-6-9-18-21(25-3)23(22(24)26-5-2,19-14-10-7-11-15-19)27-20-16-12-8-13-17-20/h7-8,10-17,21H,4-6,9,18H2,1-3H3. The average molecular weight is 370 g/mol. The first kappa shape index (κ1) is 21.0.